The fourth-order valence-corrected chi connectivity index (χ4v) is 2.81. The van der Waals surface area contributed by atoms with Gasteiger partial charge in [-0.05, 0) is 18.2 Å². The molecule has 1 aromatic carbocycles. The van der Waals surface area contributed by atoms with Gasteiger partial charge < -0.3 is 20.7 Å². The van der Waals surface area contributed by atoms with Crippen molar-refractivity contribution in [2.24, 2.45) is 10.2 Å². The summed E-state index contributed by atoms with van der Waals surface area (Å²) in [5.74, 6) is -0.0835. The number of aromatic amines is 1. The standard InChI is InChI=1S/C15H16N8O4/c16-14-10(19-18-7-1-2-8-9(3-7)21-22-20-8)5-23(15(26)17-14)13-4-11(25)12(6-24)27-13/h1-3,5,11-13,24-25H,4,6H2,(H2,16,17,26)(H,20,21,22)/b19-18+/t11?,12-,13-/m1/s1. The number of fused-ring (bicyclic) bond motifs is 1. The summed E-state index contributed by atoms with van der Waals surface area (Å²) in [5.41, 5.74) is 7.20. The predicted octanol–water partition coefficient (Wildman–Crippen LogP) is 0.153. The Morgan fingerprint density at radius 1 is 1.41 bits per heavy atom. The van der Waals surface area contributed by atoms with E-state index >= 15 is 0 Å². The van der Waals surface area contributed by atoms with Crippen molar-refractivity contribution in [3.8, 4) is 0 Å². The number of H-pyrrole nitrogens is 1. The number of nitrogens with two attached hydrogens (primary N) is 1. The SMILES string of the molecule is Nc1nc(=O)n([C@H]2CC(O)[C@@H](CO)O2)cc1/N=N/c1ccc2[nH]nnc2c1. The number of aliphatic hydroxyl groups is 2. The van der Waals surface area contributed by atoms with Gasteiger partial charge in [0.05, 0.1) is 23.9 Å². The third-order valence-corrected chi connectivity index (χ3v) is 4.24. The molecular weight excluding hydrogens is 356 g/mol. The number of nitrogens with one attached hydrogen (secondary N) is 1. The van der Waals surface area contributed by atoms with Crippen molar-refractivity contribution in [1.82, 2.24) is 25.0 Å². The molecule has 0 aliphatic carbocycles. The molecule has 0 amide bonds. The van der Waals surface area contributed by atoms with Crippen molar-refractivity contribution in [2.75, 3.05) is 12.3 Å². The summed E-state index contributed by atoms with van der Waals surface area (Å²) in [4.78, 5) is 15.9. The van der Waals surface area contributed by atoms with Crippen LogP contribution in [0.3, 0.4) is 0 Å². The molecule has 0 saturated carbocycles. The van der Waals surface area contributed by atoms with Gasteiger partial charge in [0.25, 0.3) is 0 Å². The van der Waals surface area contributed by atoms with Crippen molar-refractivity contribution in [3.05, 3.63) is 34.9 Å². The van der Waals surface area contributed by atoms with E-state index in [1.165, 1.54) is 10.8 Å². The first-order valence-corrected chi connectivity index (χ1v) is 8.11. The van der Waals surface area contributed by atoms with Crippen molar-refractivity contribution in [1.29, 1.82) is 0 Å². The van der Waals surface area contributed by atoms with Gasteiger partial charge in [0.2, 0.25) is 0 Å². The fraction of sp³-hybridized carbons (Fsp3) is 0.333. The van der Waals surface area contributed by atoms with Gasteiger partial charge in [0, 0.05) is 12.6 Å². The minimum absolute atomic E-state index is 0.0835. The van der Waals surface area contributed by atoms with E-state index in [0.717, 1.165) is 5.52 Å². The molecule has 1 fully saturated rings. The van der Waals surface area contributed by atoms with E-state index in [-0.39, 0.29) is 24.5 Å². The van der Waals surface area contributed by atoms with Crippen molar-refractivity contribution < 1.29 is 14.9 Å². The molecule has 140 valence electrons. The van der Waals surface area contributed by atoms with E-state index in [2.05, 4.69) is 30.6 Å². The second-order valence-electron chi connectivity index (χ2n) is 6.03. The summed E-state index contributed by atoms with van der Waals surface area (Å²) in [6.07, 6.45) is -0.934. The highest BCUT2D eigenvalue weighted by atomic mass is 16.5. The first-order valence-electron chi connectivity index (χ1n) is 8.11. The predicted molar refractivity (Wildman–Crippen MR) is 92.6 cm³/mol. The summed E-state index contributed by atoms with van der Waals surface area (Å²) < 4.78 is 6.65. The topological polar surface area (TPSA) is 177 Å². The molecule has 2 aromatic heterocycles. The first-order chi connectivity index (χ1) is 13.0. The molecule has 5 N–H and O–H groups in total. The van der Waals surface area contributed by atoms with E-state index < -0.39 is 24.1 Å². The van der Waals surface area contributed by atoms with Crippen molar-refractivity contribution in [2.45, 2.75) is 24.9 Å². The van der Waals surface area contributed by atoms with Crippen molar-refractivity contribution >= 4 is 28.2 Å². The molecule has 3 heterocycles. The van der Waals surface area contributed by atoms with E-state index in [1.54, 1.807) is 18.2 Å². The lowest BCUT2D eigenvalue weighted by atomic mass is 10.2. The number of rotatable bonds is 4. The molecule has 0 bridgehead atoms. The Balaban J connectivity index is 1.63. The average molecular weight is 372 g/mol. The molecule has 3 atom stereocenters. The molecule has 3 aromatic rings. The van der Waals surface area contributed by atoms with E-state index in [4.69, 9.17) is 10.5 Å². The van der Waals surface area contributed by atoms with E-state index in [9.17, 15) is 15.0 Å². The number of azo groups is 1. The zero-order valence-corrected chi connectivity index (χ0v) is 13.9. The number of anilines is 1. The molecule has 1 aliphatic rings. The van der Waals surface area contributed by atoms with Gasteiger partial charge in [-0.25, -0.2) is 4.79 Å². The second-order valence-corrected chi connectivity index (χ2v) is 6.03. The molecule has 1 saturated heterocycles. The van der Waals surface area contributed by atoms with Gasteiger partial charge in [-0.1, -0.05) is 5.21 Å². The Hall–Kier alpha value is -3.22. The van der Waals surface area contributed by atoms with E-state index in [0.29, 0.717) is 11.2 Å². The highest BCUT2D eigenvalue weighted by Crippen LogP contribution is 2.30. The highest BCUT2D eigenvalue weighted by Gasteiger charge is 2.35. The molecule has 1 unspecified atom stereocenters. The monoisotopic (exact) mass is 372 g/mol. The number of hydrogen-bond acceptors (Lipinski definition) is 10. The molecule has 12 heteroatoms. The van der Waals surface area contributed by atoms with E-state index in [1.807, 2.05) is 0 Å². The third kappa shape index (κ3) is 3.28. The van der Waals surface area contributed by atoms with Crippen LogP contribution in [0.2, 0.25) is 0 Å². The van der Waals surface area contributed by atoms with Crippen LogP contribution in [0, 0.1) is 0 Å². The van der Waals surface area contributed by atoms with Gasteiger partial charge >= 0.3 is 5.69 Å². The first kappa shape index (κ1) is 17.2. The van der Waals surface area contributed by atoms with Crippen molar-refractivity contribution in [3.63, 3.8) is 0 Å². The van der Waals surface area contributed by atoms with Crippen LogP contribution < -0.4 is 11.4 Å². The Morgan fingerprint density at radius 2 is 2.26 bits per heavy atom. The molecule has 1 aliphatic heterocycles. The lowest BCUT2D eigenvalue weighted by Gasteiger charge is -2.14. The highest BCUT2D eigenvalue weighted by molar-refractivity contribution is 5.77. The quantitative estimate of drug-likeness (QED) is 0.468. The Kier molecular flexibility index (Phi) is 4.35. The number of aromatic nitrogens is 5. The number of hydrogen-bond donors (Lipinski definition) is 4. The summed E-state index contributed by atoms with van der Waals surface area (Å²) in [7, 11) is 0. The van der Waals surface area contributed by atoms with Crippen LogP contribution >= 0.6 is 0 Å². The lowest BCUT2D eigenvalue weighted by Crippen LogP contribution is -2.28. The second kappa shape index (κ2) is 6.83. The summed E-state index contributed by atoms with van der Waals surface area (Å²) >= 11 is 0. The van der Waals surface area contributed by atoms with Crippen LogP contribution in [0.1, 0.15) is 12.6 Å². The van der Waals surface area contributed by atoms with Gasteiger partial charge in [-0.3, -0.25) is 9.67 Å². The molecular formula is C15H16N8O4. The Morgan fingerprint density at radius 3 is 3.04 bits per heavy atom. The van der Waals surface area contributed by atoms with Crippen LogP contribution in [0.5, 0.6) is 0 Å². The number of nitrogens with zero attached hydrogens (tertiary/aromatic N) is 6. The Bertz CT molecular complexity index is 1060. The fourth-order valence-electron chi connectivity index (χ4n) is 2.81. The number of ether oxygens (including phenoxy) is 1. The normalized spacial score (nSPS) is 22.8. The maximum Gasteiger partial charge on any atom is 0.351 e. The molecule has 0 spiro atoms. The maximum atomic E-state index is 12.1. The maximum absolute atomic E-state index is 12.1. The zero-order chi connectivity index (χ0) is 19.0. The van der Waals surface area contributed by atoms with Gasteiger partial charge in [-0.15, -0.1) is 10.2 Å². The summed E-state index contributed by atoms with van der Waals surface area (Å²) in [5, 5.41) is 37.5. The molecule has 27 heavy (non-hydrogen) atoms. The number of nitrogen functional groups attached to an aromatic ring is 1. The number of aliphatic hydroxyl groups excluding tert-OH is 2. The van der Waals surface area contributed by atoms with Gasteiger partial charge in [-0.2, -0.15) is 10.1 Å². The minimum atomic E-state index is -0.885. The molecule has 4 rings (SSSR count). The van der Waals surface area contributed by atoms with Gasteiger partial charge in [0.15, 0.2) is 5.82 Å². The summed E-state index contributed by atoms with van der Waals surface area (Å²) in [6.45, 7) is -0.355. The van der Waals surface area contributed by atoms with Crippen LogP contribution in [0.25, 0.3) is 11.0 Å². The Labute approximate surface area is 151 Å². The smallest absolute Gasteiger partial charge is 0.351 e. The molecule has 12 nitrogen and oxygen atoms in total. The summed E-state index contributed by atoms with van der Waals surface area (Å²) in [6, 6.07) is 5.16. The van der Waals surface area contributed by atoms with Crippen LogP contribution in [0.4, 0.5) is 17.2 Å². The number of benzene rings is 1. The van der Waals surface area contributed by atoms with Crippen LogP contribution in [-0.4, -0.2) is 54.0 Å². The third-order valence-electron chi connectivity index (χ3n) is 4.24. The minimum Gasteiger partial charge on any atom is -0.394 e. The largest absolute Gasteiger partial charge is 0.394 e. The average Bonchev–Trinajstić information content (AvgIpc) is 3.26. The van der Waals surface area contributed by atoms with Gasteiger partial charge in [0.1, 0.15) is 23.5 Å². The van der Waals surface area contributed by atoms with Crippen LogP contribution in [-0.2, 0) is 4.74 Å². The zero-order valence-electron chi connectivity index (χ0n) is 13.9. The molecule has 0 radical (unpaired) electrons. The van der Waals surface area contributed by atoms with Crippen LogP contribution in [0.15, 0.2) is 39.4 Å². The lowest BCUT2D eigenvalue weighted by molar-refractivity contribution is -0.0458.